The zero-order valence-electron chi connectivity index (χ0n) is 10.8. The first kappa shape index (κ1) is 14.1. The molecular formula is C13H18O5S. The minimum Gasteiger partial charge on any atom is -0.490 e. The Balaban J connectivity index is 2.23. The van der Waals surface area contributed by atoms with Crippen molar-refractivity contribution in [1.82, 2.24) is 0 Å². The van der Waals surface area contributed by atoms with Crippen molar-refractivity contribution in [3.63, 3.8) is 0 Å². The number of sulfone groups is 1. The summed E-state index contributed by atoms with van der Waals surface area (Å²) in [6.07, 6.45) is 0.116. The van der Waals surface area contributed by atoms with Crippen molar-refractivity contribution in [2.45, 2.75) is 26.1 Å². The van der Waals surface area contributed by atoms with Crippen molar-refractivity contribution in [2.24, 2.45) is 0 Å². The number of hydrogen-bond donors (Lipinski definition) is 1. The summed E-state index contributed by atoms with van der Waals surface area (Å²) in [5.41, 5.74) is 0.607. The third-order valence-corrected chi connectivity index (χ3v) is 4.74. The van der Waals surface area contributed by atoms with Crippen molar-refractivity contribution in [3.8, 4) is 11.5 Å². The Bertz CT molecular complexity index is 538. The standard InChI is InChI=1S/C13H18O5S/c1-2-17-12-5-3-4-10(8-14)13(12)18-11-6-7-19(15,16)9-11/h3-5,11,14H,2,6-9H2,1H3. The van der Waals surface area contributed by atoms with Crippen molar-refractivity contribution < 1.29 is 23.0 Å². The topological polar surface area (TPSA) is 72.8 Å². The first-order chi connectivity index (χ1) is 9.05. The molecule has 1 atom stereocenters. The maximum absolute atomic E-state index is 11.4. The lowest BCUT2D eigenvalue weighted by atomic mass is 10.2. The van der Waals surface area contributed by atoms with Crippen LogP contribution in [-0.4, -0.2) is 37.7 Å². The second kappa shape index (κ2) is 5.79. The van der Waals surface area contributed by atoms with Crippen LogP contribution >= 0.6 is 0 Å². The summed E-state index contributed by atoms with van der Waals surface area (Å²) >= 11 is 0. The number of rotatable bonds is 5. The highest BCUT2D eigenvalue weighted by Gasteiger charge is 2.30. The molecule has 1 aromatic carbocycles. The minimum atomic E-state index is -2.99. The lowest BCUT2D eigenvalue weighted by Gasteiger charge is -2.18. The summed E-state index contributed by atoms with van der Waals surface area (Å²) in [6, 6.07) is 5.26. The summed E-state index contributed by atoms with van der Waals surface area (Å²) in [4.78, 5) is 0. The lowest BCUT2D eigenvalue weighted by molar-refractivity contribution is 0.201. The average Bonchev–Trinajstić information content (AvgIpc) is 2.71. The van der Waals surface area contributed by atoms with Gasteiger partial charge in [0.1, 0.15) is 6.10 Å². The van der Waals surface area contributed by atoms with Crippen molar-refractivity contribution in [3.05, 3.63) is 23.8 Å². The highest BCUT2D eigenvalue weighted by Crippen LogP contribution is 2.33. The fourth-order valence-corrected chi connectivity index (χ4v) is 3.70. The number of aliphatic hydroxyl groups excluding tert-OH is 1. The van der Waals surface area contributed by atoms with Crippen LogP contribution < -0.4 is 9.47 Å². The molecular weight excluding hydrogens is 268 g/mol. The van der Waals surface area contributed by atoms with E-state index < -0.39 is 9.84 Å². The molecule has 2 rings (SSSR count). The molecule has 106 valence electrons. The third-order valence-electron chi connectivity index (χ3n) is 3.01. The number of para-hydroxylation sites is 1. The molecule has 0 aliphatic carbocycles. The fraction of sp³-hybridized carbons (Fsp3) is 0.538. The zero-order valence-corrected chi connectivity index (χ0v) is 11.6. The van der Waals surface area contributed by atoms with Crippen molar-refractivity contribution in [1.29, 1.82) is 0 Å². The van der Waals surface area contributed by atoms with Gasteiger partial charge in [-0.25, -0.2) is 8.42 Å². The Morgan fingerprint density at radius 2 is 2.21 bits per heavy atom. The Morgan fingerprint density at radius 3 is 2.79 bits per heavy atom. The van der Waals surface area contributed by atoms with Crippen LogP contribution in [-0.2, 0) is 16.4 Å². The van der Waals surface area contributed by atoms with Gasteiger partial charge in [0.2, 0.25) is 0 Å². The summed E-state index contributed by atoms with van der Waals surface area (Å²) in [6.45, 7) is 2.17. The van der Waals surface area contributed by atoms with Gasteiger partial charge in [0.15, 0.2) is 21.3 Å². The molecule has 1 N–H and O–H groups in total. The van der Waals surface area contributed by atoms with Crippen molar-refractivity contribution in [2.75, 3.05) is 18.1 Å². The normalized spacial score (nSPS) is 21.3. The largest absolute Gasteiger partial charge is 0.490 e. The number of benzene rings is 1. The first-order valence-electron chi connectivity index (χ1n) is 6.28. The molecule has 1 heterocycles. The second-order valence-electron chi connectivity index (χ2n) is 4.48. The van der Waals surface area contributed by atoms with Gasteiger partial charge < -0.3 is 14.6 Å². The van der Waals surface area contributed by atoms with Gasteiger partial charge in [0.05, 0.1) is 24.7 Å². The van der Waals surface area contributed by atoms with E-state index in [1.54, 1.807) is 18.2 Å². The molecule has 5 nitrogen and oxygen atoms in total. The van der Waals surface area contributed by atoms with E-state index in [2.05, 4.69) is 0 Å². The molecule has 1 aliphatic heterocycles. The predicted molar refractivity (Wildman–Crippen MR) is 71.2 cm³/mol. The Kier molecular flexibility index (Phi) is 4.31. The van der Waals surface area contributed by atoms with Gasteiger partial charge in [-0.05, 0) is 19.4 Å². The number of aliphatic hydroxyl groups is 1. The summed E-state index contributed by atoms with van der Waals surface area (Å²) < 4.78 is 34.1. The molecule has 0 spiro atoms. The zero-order chi connectivity index (χ0) is 13.9. The van der Waals surface area contributed by atoms with E-state index in [9.17, 15) is 13.5 Å². The maximum Gasteiger partial charge on any atom is 0.167 e. The van der Waals surface area contributed by atoms with E-state index in [0.717, 1.165) is 0 Å². The van der Waals surface area contributed by atoms with E-state index in [1.807, 2.05) is 6.92 Å². The van der Waals surface area contributed by atoms with Crippen LogP contribution in [0.5, 0.6) is 11.5 Å². The van der Waals surface area contributed by atoms with Crippen LogP contribution in [0.2, 0.25) is 0 Å². The van der Waals surface area contributed by atoms with E-state index in [0.29, 0.717) is 30.1 Å². The van der Waals surface area contributed by atoms with E-state index in [1.165, 1.54) is 0 Å². The van der Waals surface area contributed by atoms with Crippen LogP contribution in [0.1, 0.15) is 18.9 Å². The van der Waals surface area contributed by atoms with Crippen molar-refractivity contribution >= 4 is 9.84 Å². The van der Waals surface area contributed by atoms with Crippen LogP contribution in [0.3, 0.4) is 0 Å². The molecule has 1 fully saturated rings. The van der Waals surface area contributed by atoms with Gasteiger partial charge in [-0.15, -0.1) is 0 Å². The van der Waals surface area contributed by atoms with Crippen LogP contribution in [0.4, 0.5) is 0 Å². The van der Waals surface area contributed by atoms with Gasteiger partial charge in [-0.1, -0.05) is 12.1 Å². The minimum absolute atomic E-state index is 0.0261. The molecule has 1 saturated heterocycles. The molecule has 0 bridgehead atoms. The quantitative estimate of drug-likeness (QED) is 0.879. The molecule has 0 saturated carbocycles. The molecule has 1 aromatic rings. The molecule has 1 unspecified atom stereocenters. The number of ether oxygens (including phenoxy) is 2. The lowest BCUT2D eigenvalue weighted by Crippen LogP contribution is -2.19. The Labute approximate surface area is 113 Å². The van der Waals surface area contributed by atoms with Crippen LogP contribution in [0, 0.1) is 0 Å². The highest BCUT2D eigenvalue weighted by atomic mass is 32.2. The summed E-state index contributed by atoms with van der Waals surface area (Å²) in [5.74, 6) is 1.17. The van der Waals surface area contributed by atoms with Gasteiger partial charge in [0, 0.05) is 5.56 Å². The summed E-state index contributed by atoms with van der Waals surface area (Å²) in [7, 11) is -2.99. The Morgan fingerprint density at radius 1 is 1.42 bits per heavy atom. The highest BCUT2D eigenvalue weighted by molar-refractivity contribution is 7.91. The Hall–Kier alpha value is -1.27. The SMILES string of the molecule is CCOc1cccc(CO)c1OC1CCS(=O)(=O)C1. The molecule has 0 amide bonds. The predicted octanol–water partition coefficient (Wildman–Crippen LogP) is 1.14. The fourth-order valence-electron chi connectivity index (χ4n) is 2.11. The molecule has 1 aliphatic rings. The number of hydrogen-bond acceptors (Lipinski definition) is 5. The van der Waals surface area contributed by atoms with E-state index in [-0.39, 0.29) is 24.2 Å². The monoisotopic (exact) mass is 286 g/mol. The van der Waals surface area contributed by atoms with Crippen LogP contribution in [0.15, 0.2) is 18.2 Å². The first-order valence-corrected chi connectivity index (χ1v) is 8.10. The molecule has 0 aromatic heterocycles. The summed E-state index contributed by atoms with van der Waals surface area (Å²) in [5, 5.41) is 9.33. The van der Waals surface area contributed by atoms with Gasteiger partial charge >= 0.3 is 0 Å². The van der Waals surface area contributed by atoms with Gasteiger partial charge in [-0.3, -0.25) is 0 Å². The smallest absolute Gasteiger partial charge is 0.167 e. The van der Waals surface area contributed by atoms with Crippen LogP contribution in [0.25, 0.3) is 0 Å². The average molecular weight is 286 g/mol. The molecule has 0 radical (unpaired) electrons. The second-order valence-corrected chi connectivity index (χ2v) is 6.71. The third kappa shape index (κ3) is 3.39. The maximum atomic E-state index is 11.4. The molecule has 6 heteroatoms. The van der Waals surface area contributed by atoms with Gasteiger partial charge in [0.25, 0.3) is 0 Å². The van der Waals surface area contributed by atoms with E-state index >= 15 is 0 Å². The molecule has 19 heavy (non-hydrogen) atoms. The van der Waals surface area contributed by atoms with E-state index in [4.69, 9.17) is 9.47 Å². The van der Waals surface area contributed by atoms with Gasteiger partial charge in [-0.2, -0.15) is 0 Å².